The summed E-state index contributed by atoms with van der Waals surface area (Å²) in [5.74, 6) is 0.817. The summed E-state index contributed by atoms with van der Waals surface area (Å²) in [4.78, 5) is 42.9. The van der Waals surface area contributed by atoms with Crippen LogP contribution in [-0.2, 0) is 9.47 Å². The number of thioether (sulfide) groups is 1. The van der Waals surface area contributed by atoms with Gasteiger partial charge in [0.15, 0.2) is 0 Å². The quantitative estimate of drug-likeness (QED) is 0.229. The third-order valence-corrected chi connectivity index (χ3v) is 6.19. The lowest BCUT2D eigenvalue weighted by atomic mass is 10.1. The summed E-state index contributed by atoms with van der Waals surface area (Å²) < 4.78 is 13.5. The summed E-state index contributed by atoms with van der Waals surface area (Å²) in [6.07, 6.45) is 1.51. The van der Waals surface area contributed by atoms with Crippen LogP contribution in [0.25, 0.3) is 10.4 Å². The van der Waals surface area contributed by atoms with E-state index in [9.17, 15) is 14.4 Å². The van der Waals surface area contributed by atoms with Gasteiger partial charge in [0.25, 0.3) is 5.56 Å². The topological polar surface area (TPSA) is 223 Å². The molecule has 0 aliphatic carbocycles. The van der Waals surface area contributed by atoms with E-state index >= 15 is 0 Å². The monoisotopic (exact) mass is 496 g/mol. The first-order valence-electron chi connectivity index (χ1n) is 10.1. The number of hydrogen-bond donors (Lipinski definition) is 4. The average Bonchev–Trinajstić information content (AvgIpc) is 3.44. The maximum Gasteiger partial charge on any atom is 0.351 e. The average molecular weight is 497 g/mol. The predicted octanol–water partition coefficient (Wildman–Crippen LogP) is -0.790. The second-order valence-corrected chi connectivity index (χ2v) is 8.57. The largest absolute Gasteiger partial charge is 0.394 e. The van der Waals surface area contributed by atoms with Crippen LogP contribution in [0.3, 0.4) is 0 Å². The Labute approximate surface area is 195 Å². The number of aryl methyl sites for hydroxylation is 1. The summed E-state index contributed by atoms with van der Waals surface area (Å²) >= 11 is 1.47. The number of anilines is 1. The maximum absolute atomic E-state index is 11.7. The lowest BCUT2D eigenvalue weighted by Gasteiger charge is -2.14. The highest BCUT2D eigenvalue weighted by Gasteiger charge is 2.35. The minimum absolute atomic E-state index is 0.0572. The molecule has 5 atom stereocenters. The molecular formula is C18H24N8O7S. The normalized spacial score (nSPS) is 25.9. The van der Waals surface area contributed by atoms with Crippen LogP contribution in [0.5, 0.6) is 0 Å². The van der Waals surface area contributed by atoms with Gasteiger partial charge in [0.1, 0.15) is 23.7 Å². The molecule has 2 aliphatic rings. The number of hydrogen-bond acceptors (Lipinski definition) is 11. The first kappa shape index (κ1) is 25.5. The Morgan fingerprint density at radius 1 is 1.29 bits per heavy atom. The van der Waals surface area contributed by atoms with Crippen molar-refractivity contribution >= 4 is 17.6 Å². The van der Waals surface area contributed by atoms with E-state index in [0.717, 1.165) is 0 Å². The van der Waals surface area contributed by atoms with Crippen LogP contribution in [0.15, 0.2) is 38.0 Å². The SMILES string of the molecule is Cc1cn([C@H]2C[C@H](N=[N+]=[N-])[C@@H](CO)O2)c(=O)[nH]c1=O.Nc1ccn([C@H]2CS[C@H](CO)O2)c(=O)n1. The van der Waals surface area contributed by atoms with Crippen molar-refractivity contribution in [1.29, 1.82) is 0 Å². The molecule has 2 aromatic heterocycles. The number of azide groups is 1. The Morgan fingerprint density at radius 2 is 2.06 bits per heavy atom. The van der Waals surface area contributed by atoms with Crippen molar-refractivity contribution < 1.29 is 19.7 Å². The second kappa shape index (κ2) is 11.3. The van der Waals surface area contributed by atoms with Crippen LogP contribution in [0, 0.1) is 6.92 Å². The third-order valence-electron chi connectivity index (χ3n) is 5.08. The first-order valence-corrected chi connectivity index (χ1v) is 11.2. The van der Waals surface area contributed by atoms with Crippen molar-refractivity contribution in [1.82, 2.24) is 19.1 Å². The molecule has 0 spiro atoms. The van der Waals surface area contributed by atoms with Gasteiger partial charge in [-0.2, -0.15) is 4.98 Å². The number of aliphatic hydroxyl groups is 2. The molecule has 16 heteroatoms. The van der Waals surface area contributed by atoms with E-state index < -0.39 is 35.3 Å². The number of rotatable bonds is 5. The number of aliphatic hydroxyl groups excluding tert-OH is 2. The van der Waals surface area contributed by atoms with Crippen LogP contribution >= 0.6 is 11.8 Å². The first-order chi connectivity index (χ1) is 16.3. The number of nitrogens with two attached hydrogens (primary N) is 1. The summed E-state index contributed by atoms with van der Waals surface area (Å²) in [5, 5.41) is 21.5. The van der Waals surface area contributed by atoms with Gasteiger partial charge >= 0.3 is 11.4 Å². The highest BCUT2D eigenvalue weighted by atomic mass is 32.2. The molecule has 2 aromatic rings. The Hall–Kier alpha value is -3.14. The van der Waals surface area contributed by atoms with Gasteiger partial charge in [-0.3, -0.25) is 18.9 Å². The summed E-state index contributed by atoms with van der Waals surface area (Å²) in [5.41, 5.74) is 12.4. The van der Waals surface area contributed by atoms with Gasteiger partial charge in [0.2, 0.25) is 0 Å². The molecule has 4 rings (SSSR count). The molecule has 15 nitrogen and oxygen atoms in total. The summed E-state index contributed by atoms with van der Waals surface area (Å²) in [7, 11) is 0. The Bertz CT molecular complexity index is 1220. The maximum atomic E-state index is 11.7. The molecule has 0 amide bonds. The smallest absolute Gasteiger partial charge is 0.351 e. The van der Waals surface area contributed by atoms with Gasteiger partial charge in [-0.15, -0.1) is 11.8 Å². The van der Waals surface area contributed by atoms with E-state index in [1.165, 1.54) is 27.1 Å². The van der Waals surface area contributed by atoms with Crippen LogP contribution < -0.4 is 22.7 Å². The van der Waals surface area contributed by atoms with Crippen molar-refractivity contribution in [2.24, 2.45) is 5.11 Å². The van der Waals surface area contributed by atoms with E-state index in [1.54, 1.807) is 19.2 Å². The van der Waals surface area contributed by atoms with Gasteiger partial charge in [-0.25, -0.2) is 9.59 Å². The van der Waals surface area contributed by atoms with Crippen LogP contribution in [0.4, 0.5) is 5.82 Å². The van der Waals surface area contributed by atoms with E-state index in [0.29, 0.717) is 11.3 Å². The molecule has 0 saturated carbocycles. The summed E-state index contributed by atoms with van der Waals surface area (Å²) in [6.45, 7) is 1.20. The minimum atomic E-state index is -0.671. The van der Waals surface area contributed by atoms with Crippen LogP contribution in [-0.4, -0.2) is 65.9 Å². The molecule has 5 N–H and O–H groups in total. The molecule has 4 heterocycles. The highest BCUT2D eigenvalue weighted by Crippen LogP contribution is 2.30. The fourth-order valence-corrected chi connectivity index (χ4v) is 4.30. The number of nitrogen functional groups attached to an aromatic ring is 1. The molecule has 2 saturated heterocycles. The van der Waals surface area contributed by atoms with Crippen molar-refractivity contribution in [3.8, 4) is 0 Å². The van der Waals surface area contributed by atoms with E-state index in [2.05, 4.69) is 20.0 Å². The zero-order valence-corrected chi connectivity index (χ0v) is 18.9. The van der Waals surface area contributed by atoms with Crippen LogP contribution in [0.1, 0.15) is 24.4 Å². The number of H-pyrrole nitrogens is 1. The van der Waals surface area contributed by atoms with Crippen LogP contribution in [0.2, 0.25) is 0 Å². The lowest BCUT2D eigenvalue weighted by Crippen LogP contribution is -2.33. The lowest BCUT2D eigenvalue weighted by molar-refractivity contribution is -0.0271. The number of nitrogens with zero attached hydrogens (tertiary/aromatic N) is 6. The third kappa shape index (κ3) is 5.85. The molecule has 2 aliphatic heterocycles. The Morgan fingerprint density at radius 3 is 2.68 bits per heavy atom. The molecule has 0 aromatic carbocycles. The molecular weight excluding hydrogens is 472 g/mol. The van der Waals surface area contributed by atoms with Crippen molar-refractivity contribution in [2.45, 2.75) is 43.4 Å². The molecule has 0 unspecified atom stereocenters. The van der Waals surface area contributed by atoms with E-state index in [1.807, 2.05) is 0 Å². The van der Waals surface area contributed by atoms with Gasteiger partial charge in [0.05, 0.1) is 25.4 Å². The number of aromatic nitrogens is 4. The van der Waals surface area contributed by atoms with Gasteiger partial charge in [-0.05, 0) is 18.5 Å². The molecule has 0 radical (unpaired) electrons. The van der Waals surface area contributed by atoms with E-state index in [4.69, 9.17) is 31.0 Å². The fraction of sp³-hybridized carbons (Fsp3) is 0.556. The fourth-order valence-electron chi connectivity index (χ4n) is 3.37. The Kier molecular flexibility index (Phi) is 8.49. The molecule has 34 heavy (non-hydrogen) atoms. The van der Waals surface area contributed by atoms with Gasteiger partial charge in [-0.1, -0.05) is 5.11 Å². The zero-order valence-electron chi connectivity index (χ0n) is 18.1. The Balaban J connectivity index is 0.000000196. The standard InChI is InChI=1S/C10H13N5O4.C8H11N3O3S/c1-5-3-15(10(18)12-9(5)17)8-2-6(13-14-11)7(4-16)19-8;9-5-1-2-11(8(13)10-5)6-4-15-7(3-12)14-6/h3,6-8,16H,2,4H2,1H3,(H,12,17,18);1-2,6-7,12H,3-4H2,(H2,9,10,13)/t6-,7+,8+;6-,7-/m01/s1. The zero-order chi connectivity index (χ0) is 24.8. The van der Waals surface area contributed by atoms with Gasteiger partial charge < -0.3 is 25.4 Å². The predicted molar refractivity (Wildman–Crippen MR) is 121 cm³/mol. The van der Waals surface area contributed by atoms with Crippen molar-refractivity contribution in [3.63, 3.8) is 0 Å². The van der Waals surface area contributed by atoms with Gasteiger partial charge in [0, 0.05) is 35.0 Å². The van der Waals surface area contributed by atoms with Crippen molar-refractivity contribution in [3.05, 3.63) is 65.8 Å². The van der Waals surface area contributed by atoms with Crippen molar-refractivity contribution in [2.75, 3.05) is 24.7 Å². The molecule has 184 valence electrons. The molecule has 2 fully saturated rings. The van der Waals surface area contributed by atoms with E-state index in [-0.39, 0.29) is 37.1 Å². The molecule has 0 bridgehead atoms. The number of ether oxygens (including phenoxy) is 2. The second-order valence-electron chi connectivity index (χ2n) is 7.38. The number of aromatic amines is 1. The highest BCUT2D eigenvalue weighted by molar-refractivity contribution is 8.00. The number of nitrogens with one attached hydrogen (secondary N) is 1. The summed E-state index contributed by atoms with van der Waals surface area (Å²) in [6, 6.07) is 1.00. The minimum Gasteiger partial charge on any atom is -0.394 e.